The number of hydrogen-bond donors (Lipinski definition) is 8. The topological polar surface area (TPSA) is 254 Å². The van der Waals surface area contributed by atoms with Crippen LogP contribution in [0, 0.1) is 22.7 Å². The minimum Gasteiger partial charge on any atom is -0.455 e. The molecule has 0 aromatic heterocycles. The SMILES string of the molecule is CC1=C(C)C(=O)O[C@@H]([C@](C)(O)[C@]2(O)CC[C@@]3(O)[C@@H]4C[C@H]5O[C@]56[C@@H](OC(=O)NCCCCCNC(=O)CCCCCNC(=O)CCCCC5SCC7NC(=O)NC75)C=CC(=O)[C@]6(C)[C@H]4CC[C@]23C)C1. The first kappa shape index (κ1) is 50.7. The van der Waals surface area contributed by atoms with Gasteiger partial charge in [-0.1, -0.05) is 25.3 Å². The highest BCUT2D eigenvalue weighted by Gasteiger charge is 2.85. The van der Waals surface area contributed by atoms with Crippen molar-refractivity contribution >= 4 is 47.5 Å². The number of urea groups is 1. The Morgan fingerprint density at radius 3 is 2.24 bits per heavy atom. The summed E-state index contributed by atoms with van der Waals surface area (Å²) >= 11 is 1.89. The summed E-state index contributed by atoms with van der Waals surface area (Å²) in [7, 11) is 0. The van der Waals surface area contributed by atoms with E-state index in [4.69, 9.17) is 14.2 Å². The van der Waals surface area contributed by atoms with Crippen LogP contribution in [0.3, 0.4) is 0 Å². The maximum absolute atomic E-state index is 14.1. The molecule has 3 saturated carbocycles. The van der Waals surface area contributed by atoms with Crippen molar-refractivity contribution in [1.82, 2.24) is 26.6 Å². The molecule has 0 bridgehead atoms. The number of amides is 5. The Hall–Kier alpha value is -3.71. The lowest BCUT2D eigenvalue weighted by atomic mass is 9.42. The van der Waals surface area contributed by atoms with Gasteiger partial charge in [-0.2, -0.15) is 11.8 Å². The molecule has 378 valence electrons. The first-order valence-corrected chi connectivity index (χ1v) is 26.4. The summed E-state index contributed by atoms with van der Waals surface area (Å²) in [5, 5.41) is 52.9. The number of ketones is 1. The Labute approximate surface area is 404 Å². The summed E-state index contributed by atoms with van der Waals surface area (Å²) in [4.78, 5) is 76.2. The summed E-state index contributed by atoms with van der Waals surface area (Å²) in [6, 6.07) is 0.338. The van der Waals surface area contributed by atoms with Gasteiger partial charge in [-0.05, 0) is 129 Å². The maximum Gasteiger partial charge on any atom is 0.407 e. The van der Waals surface area contributed by atoms with Crippen LogP contribution in [-0.2, 0) is 33.4 Å². The van der Waals surface area contributed by atoms with Gasteiger partial charge < -0.3 is 56.1 Å². The predicted molar refractivity (Wildman–Crippen MR) is 252 cm³/mol. The molecule has 0 radical (unpaired) electrons. The molecule has 68 heavy (non-hydrogen) atoms. The van der Waals surface area contributed by atoms with Gasteiger partial charge in [0.25, 0.3) is 0 Å². The lowest BCUT2D eigenvalue weighted by Gasteiger charge is -2.63. The van der Waals surface area contributed by atoms with E-state index in [1.54, 1.807) is 13.0 Å². The Balaban J connectivity index is 0.710. The van der Waals surface area contributed by atoms with Crippen LogP contribution in [0.2, 0.25) is 0 Å². The fourth-order valence-electron chi connectivity index (χ4n) is 13.8. The third kappa shape index (κ3) is 8.67. The number of epoxide rings is 1. The number of carbonyl (C=O) groups is 6. The van der Waals surface area contributed by atoms with Crippen LogP contribution in [0.15, 0.2) is 23.3 Å². The van der Waals surface area contributed by atoms with Crippen molar-refractivity contribution < 1.29 is 58.3 Å². The summed E-state index contributed by atoms with van der Waals surface area (Å²) in [5.74, 6) is -0.524. The van der Waals surface area contributed by atoms with E-state index in [2.05, 4.69) is 26.6 Å². The number of thioether (sulfide) groups is 1. The largest absolute Gasteiger partial charge is 0.455 e. The number of carbonyl (C=O) groups excluding carboxylic acids is 6. The highest BCUT2D eigenvalue weighted by atomic mass is 32.2. The zero-order valence-corrected chi connectivity index (χ0v) is 41.4. The maximum atomic E-state index is 14.1. The van der Waals surface area contributed by atoms with Gasteiger partial charge in [0, 0.05) is 60.9 Å². The zero-order chi connectivity index (χ0) is 48.9. The molecule has 17 nitrogen and oxygen atoms in total. The van der Waals surface area contributed by atoms with E-state index in [1.165, 1.54) is 13.0 Å². The number of alkyl carbamates (subject to hydrolysis) is 1. The molecular formula is C50H75N5O12S. The van der Waals surface area contributed by atoms with Crippen molar-refractivity contribution in [2.45, 2.75) is 202 Å². The third-order valence-corrected chi connectivity index (χ3v) is 19.7. The first-order chi connectivity index (χ1) is 32.2. The number of ether oxygens (including phenoxy) is 3. The minimum absolute atomic E-state index is 0.00347. The molecule has 3 saturated heterocycles. The number of hydrogen-bond acceptors (Lipinski definition) is 13. The second-order valence-electron chi connectivity index (χ2n) is 21.8. The van der Waals surface area contributed by atoms with E-state index in [9.17, 15) is 44.1 Å². The van der Waals surface area contributed by atoms with Gasteiger partial charge in [-0.25, -0.2) is 14.4 Å². The number of cyclic esters (lactones) is 1. The fraction of sp³-hybridized carbons (Fsp3) is 0.800. The fourth-order valence-corrected chi connectivity index (χ4v) is 15.3. The molecule has 8 aliphatic rings. The van der Waals surface area contributed by atoms with Gasteiger partial charge in [0.2, 0.25) is 11.8 Å². The molecule has 4 heterocycles. The molecule has 3 unspecified atom stereocenters. The number of unbranched alkanes of at least 4 members (excludes halogenated alkanes) is 5. The van der Waals surface area contributed by atoms with E-state index < -0.39 is 69.5 Å². The number of esters is 1. The number of allylic oxidation sites excluding steroid dienone is 1. The molecule has 5 amide bonds. The van der Waals surface area contributed by atoms with E-state index in [-0.39, 0.29) is 60.9 Å². The number of aliphatic hydroxyl groups is 3. The van der Waals surface area contributed by atoms with Crippen LogP contribution in [0.25, 0.3) is 0 Å². The molecule has 0 aromatic carbocycles. The van der Waals surface area contributed by atoms with Crippen LogP contribution in [0.1, 0.15) is 144 Å². The van der Waals surface area contributed by atoms with Crippen molar-refractivity contribution in [2.24, 2.45) is 22.7 Å². The van der Waals surface area contributed by atoms with Crippen molar-refractivity contribution in [3.63, 3.8) is 0 Å². The predicted octanol–water partition coefficient (Wildman–Crippen LogP) is 4.15. The lowest BCUT2D eigenvalue weighted by molar-refractivity contribution is -0.283. The van der Waals surface area contributed by atoms with Crippen LogP contribution >= 0.6 is 11.8 Å². The zero-order valence-electron chi connectivity index (χ0n) is 40.5. The van der Waals surface area contributed by atoms with Crippen LogP contribution in [0.4, 0.5) is 9.59 Å². The average molecular weight is 970 g/mol. The van der Waals surface area contributed by atoms with E-state index >= 15 is 0 Å². The number of rotatable bonds is 20. The molecule has 0 aromatic rings. The van der Waals surface area contributed by atoms with Gasteiger partial charge in [-0.3, -0.25) is 14.4 Å². The summed E-state index contributed by atoms with van der Waals surface area (Å²) < 4.78 is 18.2. The second kappa shape index (κ2) is 19.5. The molecule has 1 spiro atoms. The molecule has 4 aliphatic heterocycles. The Bertz CT molecular complexity index is 2070. The highest BCUT2D eigenvalue weighted by molar-refractivity contribution is 8.00. The smallest absolute Gasteiger partial charge is 0.407 e. The minimum atomic E-state index is -1.89. The van der Waals surface area contributed by atoms with Gasteiger partial charge in [0.15, 0.2) is 11.9 Å². The quantitative estimate of drug-likeness (QED) is 0.0370. The monoisotopic (exact) mass is 970 g/mol. The van der Waals surface area contributed by atoms with Gasteiger partial charge >= 0.3 is 18.1 Å². The van der Waals surface area contributed by atoms with Crippen LogP contribution in [-0.4, -0.2) is 134 Å². The van der Waals surface area contributed by atoms with Crippen molar-refractivity contribution in [1.29, 1.82) is 0 Å². The second-order valence-corrected chi connectivity index (χ2v) is 23.0. The molecule has 18 heteroatoms. The van der Waals surface area contributed by atoms with Gasteiger partial charge in [0.05, 0.1) is 29.2 Å². The van der Waals surface area contributed by atoms with Crippen LogP contribution < -0.4 is 26.6 Å². The van der Waals surface area contributed by atoms with Gasteiger partial charge in [-0.15, -0.1) is 0 Å². The lowest BCUT2D eigenvalue weighted by Crippen LogP contribution is -2.73. The number of fused-ring (bicyclic) bond motifs is 5. The van der Waals surface area contributed by atoms with Crippen LogP contribution in [0.5, 0.6) is 0 Å². The standard InChI is InChI=1S/C50H75N5O12S/c1-29-26-37(65-42(59)30(29)2)47(5,62)49(64)22-21-48(63)32-27-38-50(67-38)36(18-17-35(56)46(50,4)31(32)19-20-45(48,49)3)66-44(61)53-25-13-7-12-24-52-39(57)15-8-6-11-23-51-40(58)16-10-9-14-34-41-33(28-68-34)54-43(60)55-41/h17-18,31-34,36-38,41,62-64H,6-16,19-28H2,1-5H3,(H,51,58)(H,52,57)(H,53,61)(H2,54,55,60)/t31-,32+,33?,34?,36-,37+,38+,41?,45-,46-,47-,48+,49-,50+/m0/s1. The summed E-state index contributed by atoms with van der Waals surface area (Å²) in [5.41, 5.74) is -7.34. The third-order valence-electron chi connectivity index (χ3n) is 18.2. The molecular weight excluding hydrogens is 895 g/mol. The van der Waals surface area contributed by atoms with Crippen molar-refractivity contribution in [3.05, 3.63) is 23.3 Å². The summed E-state index contributed by atoms with van der Waals surface area (Å²) in [6.07, 6.45) is 10.1. The van der Waals surface area contributed by atoms with Crippen molar-refractivity contribution in [3.8, 4) is 0 Å². The Morgan fingerprint density at radius 1 is 0.882 bits per heavy atom. The van der Waals surface area contributed by atoms with E-state index in [0.717, 1.165) is 62.7 Å². The van der Waals surface area contributed by atoms with E-state index in [0.29, 0.717) is 69.0 Å². The first-order valence-electron chi connectivity index (χ1n) is 25.3. The molecule has 8 rings (SSSR count). The Morgan fingerprint density at radius 2 is 1.54 bits per heavy atom. The average Bonchev–Trinajstić information content (AvgIpc) is 3.65. The van der Waals surface area contributed by atoms with Gasteiger partial charge in [0.1, 0.15) is 22.9 Å². The summed E-state index contributed by atoms with van der Waals surface area (Å²) in [6.45, 7) is 10.2. The molecule has 6 fully saturated rings. The molecule has 14 atom stereocenters. The van der Waals surface area contributed by atoms with Crippen molar-refractivity contribution in [2.75, 3.05) is 25.4 Å². The molecule has 8 N–H and O–H groups in total. The molecule has 4 aliphatic carbocycles. The van der Waals surface area contributed by atoms with E-state index in [1.807, 2.05) is 32.5 Å². The normalized spacial score (nSPS) is 39.5. The number of nitrogens with one attached hydrogen (secondary N) is 5. The highest BCUT2D eigenvalue weighted by Crippen LogP contribution is 2.75. The Kier molecular flexibility index (Phi) is 14.5.